The summed E-state index contributed by atoms with van der Waals surface area (Å²) in [5.74, 6) is 1.26. The lowest BCUT2D eigenvalue weighted by Gasteiger charge is -2.37. The van der Waals surface area contributed by atoms with Gasteiger partial charge in [0, 0.05) is 20.1 Å². The normalized spacial score (nSPS) is 21.3. The molecule has 0 radical (unpaired) electrons. The Bertz CT molecular complexity index is 809. The van der Waals surface area contributed by atoms with Crippen LogP contribution in [-0.2, 0) is 4.74 Å². The summed E-state index contributed by atoms with van der Waals surface area (Å²) in [5.41, 5.74) is -0.559. The Hall–Kier alpha value is -2.78. The fourth-order valence-electron chi connectivity index (χ4n) is 3.74. The van der Waals surface area contributed by atoms with Gasteiger partial charge in [-0.3, -0.25) is 4.90 Å². The van der Waals surface area contributed by atoms with Crippen LogP contribution in [0.25, 0.3) is 0 Å². The van der Waals surface area contributed by atoms with E-state index < -0.39 is 11.7 Å². The van der Waals surface area contributed by atoms with Gasteiger partial charge in [-0.05, 0) is 33.1 Å². The zero-order chi connectivity index (χ0) is 22.2. The van der Waals surface area contributed by atoms with Gasteiger partial charge in [-0.25, -0.2) is 19.6 Å². The fraction of sp³-hybridized carbons (Fsp3) is 0.700. The molecule has 1 N–H and O–H groups in total. The van der Waals surface area contributed by atoms with Crippen LogP contribution in [0.2, 0.25) is 0 Å². The summed E-state index contributed by atoms with van der Waals surface area (Å²) < 4.78 is 11.4. The van der Waals surface area contributed by atoms with E-state index in [9.17, 15) is 14.7 Å². The minimum absolute atomic E-state index is 0.0481. The first-order chi connectivity index (χ1) is 14.0. The smallest absolute Gasteiger partial charge is 0.413 e. The number of rotatable bonds is 3. The van der Waals surface area contributed by atoms with Crippen LogP contribution in [0.15, 0.2) is 6.33 Å². The second kappa shape index (κ2) is 8.16. The number of hydrogen-bond donors (Lipinski definition) is 1. The average Bonchev–Trinajstić information content (AvgIpc) is 3.14. The quantitative estimate of drug-likeness (QED) is 0.794. The zero-order valence-electron chi connectivity index (χ0n) is 18.5. The van der Waals surface area contributed by atoms with Gasteiger partial charge in [0.25, 0.3) is 0 Å². The average molecular weight is 421 g/mol. The van der Waals surface area contributed by atoms with Crippen molar-refractivity contribution in [3.8, 4) is 5.75 Å². The van der Waals surface area contributed by atoms with Gasteiger partial charge in [0.05, 0.1) is 12.1 Å². The van der Waals surface area contributed by atoms with E-state index in [0.717, 1.165) is 6.42 Å². The Labute approximate surface area is 176 Å². The van der Waals surface area contributed by atoms with Gasteiger partial charge in [-0.2, -0.15) is 0 Å². The Morgan fingerprint density at radius 2 is 1.97 bits per heavy atom. The summed E-state index contributed by atoms with van der Waals surface area (Å²) in [6, 6.07) is -0.365. The molecule has 0 unspecified atom stereocenters. The highest BCUT2D eigenvalue weighted by Crippen LogP contribution is 2.41. The number of carboxylic acid groups (broad SMARTS) is 1. The third kappa shape index (κ3) is 4.36. The predicted octanol–water partition coefficient (Wildman–Crippen LogP) is 2.82. The van der Waals surface area contributed by atoms with Crippen LogP contribution in [0, 0.1) is 5.92 Å². The lowest BCUT2D eigenvalue weighted by Crippen LogP contribution is -2.50. The summed E-state index contributed by atoms with van der Waals surface area (Å²) in [6.07, 6.45) is 0.673. The molecular weight excluding hydrogens is 390 g/mol. The molecule has 0 bridgehead atoms. The number of fused-ring (bicyclic) bond motifs is 1. The molecule has 2 amide bonds. The monoisotopic (exact) mass is 421 g/mol. The molecule has 1 saturated heterocycles. The molecule has 2 atom stereocenters. The van der Waals surface area contributed by atoms with Crippen molar-refractivity contribution >= 4 is 23.8 Å². The molecule has 2 aliphatic rings. The van der Waals surface area contributed by atoms with E-state index in [-0.39, 0.29) is 36.5 Å². The second-order valence-corrected chi connectivity index (χ2v) is 9.10. The maximum Gasteiger partial charge on any atom is 0.413 e. The highest BCUT2D eigenvalue weighted by atomic mass is 16.6. The maximum absolute atomic E-state index is 12.4. The van der Waals surface area contributed by atoms with Crippen LogP contribution in [0.5, 0.6) is 5.75 Å². The fourth-order valence-corrected chi connectivity index (χ4v) is 3.74. The summed E-state index contributed by atoms with van der Waals surface area (Å²) in [5, 5.41) is 9.77. The van der Waals surface area contributed by atoms with E-state index in [0.29, 0.717) is 24.7 Å². The van der Waals surface area contributed by atoms with Gasteiger partial charge in [0.15, 0.2) is 11.6 Å². The molecule has 1 fully saturated rings. The van der Waals surface area contributed by atoms with Crippen molar-refractivity contribution in [3.05, 3.63) is 6.33 Å². The van der Waals surface area contributed by atoms with E-state index in [4.69, 9.17) is 9.47 Å². The molecule has 2 aliphatic heterocycles. The van der Waals surface area contributed by atoms with Crippen LogP contribution in [0.4, 0.5) is 21.2 Å². The first kappa shape index (κ1) is 21.9. The van der Waals surface area contributed by atoms with Crippen molar-refractivity contribution in [2.45, 2.75) is 58.7 Å². The van der Waals surface area contributed by atoms with Crippen molar-refractivity contribution in [2.24, 2.45) is 5.92 Å². The molecular formula is C20H31N5O5. The molecule has 10 nitrogen and oxygen atoms in total. The van der Waals surface area contributed by atoms with E-state index >= 15 is 0 Å². The first-order valence-corrected chi connectivity index (χ1v) is 10.2. The third-order valence-electron chi connectivity index (χ3n) is 5.39. The van der Waals surface area contributed by atoms with Gasteiger partial charge in [-0.1, -0.05) is 13.8 Å². The summed E-state index contributed by atoms with van der Waals surface area (Å²) in [7, 11) is 1.73. The van der Waals surface area contributed by atoms with Crippen LogP contribution in [0.3, 0.4) is 0 Å². The zero-order valence-corrected chi connectivity index (χ0v) is 18.5. The number of carbonyl (C=O) groups is 2. The van der Waals surface area contributed by atoms with Crippen molar-refractivity contribution in [1.82, 2.24) is 14.9 Å². The molecule has 0 aliphatic carbocycles. The largest absolute Gasteiger partial charge is 0.484 e. The number of nitrogens with zero attached hydrogens (tertiary/aromatic N) is 5. The number of ether oxygens (including phenoxy) is 2. The van der Waals surface area contributed by atoms with Crippen LogP contribution >= 0.6 is 0 Å². The van der Waals surface area contributed by atoms with E-state index in [1.807, 2.05) is 39.5 Å². The summed E-state index contributed by atoms with van der Waals surface area (Å²) in [6.45, 7) is 10.9. The minimum Gasteiger partial charge on any atom is -0.484 e. The number of carbonyl (C=O) groups excluding carboxylic acids is 1. The van der Waals surface area contributed by atoms with Crippen LogP contribution in [-0.4, -0.2) is 76.6 Å². The van der Waals surface area contributed by atoms with Crippen molar-refractivity contribution in [3.63, 3.8) is 0 Å². The van der Waals surface area contributed by atoms with E-state index in [1.54, 1.807) is 11.9 Å². The van der Waals surface area contributed by atoms with Crippen LogP contribution < -0.4 is 14.5 Å². The molecule has 30 heavy (non-hydrogen) atoms. The Kier molecular flexibility index (Phi) is 5.96. The molecule has 3 heterocycles. The number of likely N-dealkylation sites (N-methyl/N-ethyl adjacent to an activating group) is 1. The predicted molar refractivity (Wildman–Crippen MR) is 111 cm³/mol. The number of hydrogen-bond acceptors (Lipinski definition) is 7. The van der Waals surface area contributed by atoms with Crippen molar-refractivity contribution < 1.29 is 24.2 Å². The highest BCUT2D eigenvalue weighted by Gasteiger charge is 2.39. The molecule has 1 aromatic heterocycles. The van der Waals surface area contributed by atoms with Crippen LogP contribution in [0.1, 0.15) is 41.0 Å². The minimum atomic E-state index is -1.06. The molecule has 1 aromatic rings. The lowest BCUT2D eigenvalue weighted by atomic mass is 10.0. The molecule has 3 rings (SSSR count). The Balaban J connectivity index is 1.81. The van der Waals surface area contributed by atoms with Crippen molar-refractivity contribution in [2.75, 3.05) is 36.5 Å². The molecule has 0 saturated carbocycles. The third-order valence-corrected chi connectivity index (χ3v) is 5.39. The van der Waals surface area contributed by atoms with Gasteiger partial charge >= 0.3 is 12.2 Å². The van der Waals surface area contributed by atoms with E-state index in [2.05, 4.69) is 9.97 Å². The van der Waals surface area contributed by atoms with Gasteiger partial charge < -0.3 is 24.4 Å². The molecule has 0 aromatic carbocycles. The Morgan fingerprint density at radius 3 is 2.57 bits per heavy atom. The summed E-state index contributed by atoms with van der Waals surface area (Å²) in [4.78, 5) is 37.8. The second-order valence-electron chi connectivity index (χ2n) is 9.10. The van der Waals surface area contributed by atoms with Crippen molar-refractivity contribution in [1.29, 1.82) is 0 Å². The SMILES string of the molecule is CC(C)[C@@H]1COc2c(N3CC[C@@H](N(C)C(=O)OC(C)(C)C)C3)ncnc2N1C(=O)O. The first-order valence-electron chi connectivity index (χ1n) is 10.2. The molecule has 166 valence electrons. The highest BCUT2D eigenvalue weighted by molar-refractivity contribution is 5.89. The Morgan fingerprint density at radius 1 is 1.30 bits per heavy atom. The summed E-state index contributed by atoms with van der Waals surface area (Å²) >= 11 is 0. The lowest BCUT2D eigenvalue weighted by molar-refractivity contribution is 0.0237. The maximum atomic E-state index is 12.4. The number of anilines is 2. The topological polar surface area (TPSA) is 108 Å². The van der Waals surface area contributed by atoms with Gasteiger partial charge in [0.1, 0.15) is 18.5 Å². The molecule has 0 spiro atoms. The number of aromatic nitrogens is 2. The van der Waals surface area contributed by atoms with Gasteiger partial charge in [-0.15, -0.1) is 0 Å². The van der Waals surface area contributed by atoms with Gasteiger partial charge in [0.2, 0.25) is 5.75 Å². The number of amides is 2. The standard InChI is InChI=1S/C20H31N5O5/c1-12(2)14-10-29-15-16(21-11-22-17(15)25(14)18(26)27)24-8-7-13(9-24)23(6)19(28)30-20(3,4)5/h11-14H,7-10H2,1-6H3,(H,26,27)/t13-,14+/m1/s1. The molecule has 10 heteroatoms. The van der Waals surface area contributed by atoms with E-state index in [1.165, 1.54) is 11.2 Å².